The van der Waals surface area contributed by atoms with E-state index in [9.17, 15) is 4.79 Å². The normalized spacial score (nSPS) is 15.6. The van der Waals surface area contributed by atoms with Gasteiger partial charge in [0.1, 0.15) is 11.3 Å². The first kappa shape index (κ1) is 20.6. The van der Waals surface area contributed by atoms with Crippen LogP contribution in [0.3, 0.4) is 0 Å². The van der Waals surface area contributed by atoms with Gasteiger partial charge in [0.25, 0.3) is 0 Å². The van der Waals surface area contributed by atoms with Crippen LogP contribution in [0, 0.1) is 6.92 Å². The van der Waals surface area contributed by atoms with Gasteiger partial charge in [0.15, 0.2) is 11.5 Å². The minimum Gasteiger partial charge on any atom is -0.496 e. The van der Waals surface area contributed by atoms with Gasteiger partial charge >= 0.3 is 0 Å². The maximum Gasteiger partial charge on any atom is 0.248 e. The summed E-state index contributed by atoms with van der Waals surface area (Å²) in [6, 6.07) is 12.2. The number of ether oxygens (including phenoxy) is 1. The van der Waals surface area contributed by atoms with Crippen molar-refractivity contribution < 1.29 is 13.9 Å². The number of nitrogens with zero attached hydrogens (tertiary/aromatic N) is 3. The van der Waals surface area contributed by atoms with Crippen molar-refractivity contribution in [1.29, 1.82) is 0 Å². The van der Waals surface area contributed by atoms with Gasteiger partial charge in [-0.3, -0.25) is 4.79 Å². The summed E-state index contributed by atoms with van der Waals surface area (Å²) >= 11 is 0. The molecule has 7 nitrogen and oxygen atoms in total. The largest absolute Gasteiger partial charge is 0.496 e. The highest BCUT2D eigenvalue weighted by molar-refractivity contribution is 5.97. The van der Waals surface area contributed by atoms with E-state index in [0.29, 0.717) is 17.5 Å². The Morgan fingerprint density at radius 1 is 1.22 bits per heavy atom. The highest BCUT2D eigenvalue weighted by Gasteiger charge is 2.22. The second kappa shape index (κ2) is 8.31. The van der Waals surface area contributed by atoms with E-state index in [2.05, 4.69) is 32.8 Å². The molecule has 32 heavy (non-hydrogen) atoms. The first-order valence-electron chi connectivity index (χ1n) is 11.1. The molecule has 1 aliphatic rings. The molecule has 2 aromatic carbocycles. The summed E-state index contributed by atoms with van der Waals surface area (Å²) in [6.07, 6.45) is 5.18. The third-order valence-electron chi connectivity index (χ3n) is 6.55. The number of primary amides is 1. The topological polar surface area (TPSA) is 86.5 Å². The molecular weight excluding hydrogens is 404 g/mol. The molecule has 1 aliphatic heterocycles. The molecule has 0 bridgehead atoms. The van der Waals surface area contributed by atoms with Crippen LogP contribution in [-0.2, 0) is 6.42 Å². The molecule has 166 valence electrons. The van der Waals surface area contributed by atoms with E-state index in [-0.39, 0.29) is 5.91 Å². The van der Waals surface area contributed by atoms with Gasteiger partial charge in [-0.2, -0.15) is 0 Å². The van der Waals surface area contributed by atoms with Crippen LogP contribution >= 0.6 is 0 Å². The Kier molecular flexibility index (Phi) is 5.35. The average molecular weight is 433 g/mol. The van der Waals surface area contributed by atoms with E-state index in [1.807, 2.05) is 25.1 Å². The molecule has 1 saturated heterocycles. The standard InChI is InChI=1S/C25H28N4O3/c1-16-27-21-15-23(31-2)18(14-24(21)32-16)5-9-28-10-7-20(8-11-28)29-12-6-17-3-4-19(25(26)30)13-22(17)29/h3-4,6,12-15,20H,5,7-11H2,1-2H3,(H2,26,30). The van der Waals surface area contributed by atoms with E-state index in [4.69, 9.17) is 14.9 Å². The number of piperidine rings is 1. The number of oxazole rings is 1. The van der Waals surface area contributed by atoms with Gasteiger partial charge in [-0.15, -0.1) is 0 Å². The second-order valence-corrected chi connectivity index (χ2v) is 8.55. The number of carbonyl (C=O) groups is 1. The van der Waals surface area contributed by atoms with Crippen molar-refractivity contribution in [2.45, 2.75) is 32.2 Å². The van der Waals surface area contributed by atoms with E-state index in [0.717, 1.165) is 72.2 Å². The molecule has 0 radical (unpaired) electrons. The van der Waals surface area contributed by atoms with E-state index in [1.54, 1.807) is 13.2 Å². The number of hydrogen-bond acceptors (Lipinski definition) is 5. The minimum absolute atomic E-state index is 0.386. The number of aryl methyl sites for hydroxylation is 1. The van der Waals surface area contributed by atoms with Crippen LogP contribution in [0.1, 0.15) is 40.7 Å². The zero-order valence-electron chi connectivity index (χ0n) is 18.5. The number of hydrogen-bond donors (Lipinski definition) is 1. The van der Waals surface area contributed by atoms with Crippen molar-refractivity contribution in [3.8, 4) is 5.75 Å². The van der Waals surface area contributed by atoms with Gasteiger partial charge < -0.3 is 24.4 Å². The summed E-state index contributed by atoms with van der Waals surface area (Å²) in [4.78, 5) is 18.5. The number of likely N-dealkylation sites (tertiary alicyclic amines) is 1. The zero-order valence-corrected chi connectivity index (χ0v) is 18.5. The number of rotatable bonds is 6. The maximum absolute atomic E-state index is 11.6. The number of aromatic nitrogens is 2. The van der Waals surface area contributed by atoms with Gasteiger partial charge in [-0.25, -0.2) is 4.98 Å². The molecule has 0 spiro atoms. The molecule has 2 aromatic heterocycles. The molecule has 7 heteroatoms. The highest BCUT2D eigenvalue weighted by atomic mass is 16.5. The number of fused-ring (bicyclic) bond motifs is 2. The molecule has 0 unspecified atom stereocenters. The Balaban J connectivity index is 1.25. The number of benzene rings is 2. The lowest BCUT2D eigenvalue weighted by Gasteiger charge is -2.33. The summed E-state index contributed by atoms with van der Waals surface area (Å²) < 4.78 is 13.6. The van der Waals surface area contributed by atoms with Gasteiger partial charge in [0, 0.05) is 55.9 Å². The number of carbonyl (C=O) groups excluding carboxylic acids is 1. The monoisotopic (exact) mass is 432 g/mol. The Bertz CT molecular complexity index is 1280. The molecule has 4 aromatic rings. The molecule has 1 fully saturated rings. The van der Waals surface area contributed by atoms with E-state index in [1.165, 1.54) is 0 Å². The van der Waals surface area contributed by atoms with Crippen molar-refractivity contribution in [2.24, 2.45) is 5.73 Å². The lowest BCUT2D eigenvalue weighted by atomic mass is 10.0. The Morgan fingerprint density at radius 2 is 2.03 bits per heavy atom. The Morgan fingerprint density at radius 3 is 2.78 bits per heavy atom. The van der Waals surface area contributed by atoms with Crippen LogP contribution in [0.4, 0.5) is 0 Å². The molecule has 0 saturated carbocycles. The predicted octanol–water partition coefficient (Wildman–Crippen LogP) is 4.08. The molecule has 0 aliphatic carbocycles. The van der Waals surface area contributed by atoms with Crippen LogP contribution in [0.15, 0.2) is 47.0 Å². The molecule has 2 N–H and O–H groups in total. The lowest BCUT2D eigenvalue weighted by Crippen LogP contribution is -2.35. The summed E-state index contributed by atoms with van der Waals surface area (Å²) in [5, 5.41) is 1.14. The number of methoxy groups -OCH3 is 1. The highest BCUT2D eigenvalue weighted by Crippen LogP contribution is 2.30. The number of amides is 1. The quantitative estimate of drug-likeness (QED) is 0.496. The Labute approximate surface area is 186 Å². The summed E-state index contributed by atoms with van der Waals surface area (Å²) in [6.45, 7) is 4.90. The van der Waals surface area contributed by atoms with Crippen LogP contribution in [0.2, 0.25) is 0 Å². The fraction of sp³-hybridized carbons (Fsp3) is 0.360. The molecular formula is C25H28N4O3. The van der Waals surface area contributed by atoms with Gasteiger partial charge in [-0.1, -0.05) is 6.07 Å². The second-order valence-electron chi connectivity index (χ2n) is 8.55. The molecule has 3 heterocycles. The fourth-order valence-corrected chi connectivity index (χ4v) is 4.82. The number of nitrogens with two attached hydrogens (primary N) is 1. The summed E-state index contributed by atoms with van der Waals surface area (Å²) in [5.41, 5.74) is 9.92. The molecule has 1 amide bonds. The lowest BCUT2D eigenvalue weighted by molar-refractivity contribution is 0.100. The Hall–Kier alpha value is -3.32. The van der Waals surface area contributed by atoms with Crippen molar-refractivity contribution in [1.82, 2.24) is 14.5 Å². The first-order valence-corrected chi connectivity index (χ1v) is 11.1. The third kappa shape index (κ3) is 3.84. The average Bonchev–Trinajstić information content (AvgIpc) is 3.38. The van der Waals surface area contributed by atoms with Gasteiger partial charge in [0.2, 0.25) is 5.91 Å². The fourth-order valence-electron chi connectivity index (χ4n) is 4.82. The van der Waals surface area contributed by atoms with Crippen molar-refractivity contribution in [2.75, 3.05) is 26.7 Å². The van der Waals surface area contributed by atoms with Crippen LogP contribution in [0.25, 0.3) is 22.0 Å². The van der Waals surface area contributed by atoms with Crippen LogP contribution < -0.4 is 10.5 Å². The van der Waals surface area contributed by atoms with Gasteiger partial charge in [0.05, 0.1) is 7.11 Å². The van der Waals surface area contributed by atoms with Crippen molar-refractivity contribution >= 4 is 27.9 Å². The maximum atomic E-state index is 11.6. The van der Waals surface area contributed by atoms with Gasteiger partial charge in [-0.05, 0) is 54.5 Å². The van der Waals surface area contributed by atoms with Crippen LogP contribution in [-0.4, -0.2) is 47.1 Å². The predicted molar refractivity (Wildman–Crippen MR) is 124 cm³/mol. The smallest absolute Gasteiger partial charge is 0.248 e. The third-order valence-corrected chi connectivity index (χ3v) is 6.55. The molecule has 0 atom stereocenters. The molecule has 5 rings (SSSR count). The SMILES string of the molecule is COc1cc2nc(C)oc2cc1CCN1CCC(n2ccc3ccc(C(N)=O)cc32)CC1. The van der Waals surface area contributed by atoms with E-state index >= 15 is 0 Å². The van der Waals surface area contributed by atoms with E-state index < -0.39 is 0 Å². The first-order chi connectivity index (χ1) is 15.5. The minimum atomic E-state index is -0.386. The zero-order chi connectivity index (χ0) is 22.2. The van der Waals surface area contributed by atoms with Crippen molar-refractivity contribution in [3.63, 3.8) is 0 Å². The van der Waals surface area contributed by atoms with Crippen molar-refractivity contribution in [3.05, 3.63) is 59.6 Å². The summed E-state index contributed by atoms with van der Waals surface area (Å²) in [5.74, 6) is 1.15. The summed E-state index contributed by atoms with van der Waals surface area (Å²) in [7, 11) is 1.70. The van der Waals surface area contributed by atoms with Crippen LogP contribution in [0.5, 0.6) is 5.75 Å².